The predicted octanol–water partition coefficient (Wildman–Crippen LogP) is 3.50. The second-order valence-corrected chi connectivity index (χ2v) is 6.79. The number of ether oxygens (including phenoxy) is 1. The van der Waals surface area contributed by atoms with Gasteiger partial charge in [0.05, 0.1) is 23.4 Å². The van der Waals surface area contributed by atoms with E-state index in [0.29, 0.717) is 21.3 Å². The van der Waals surface area contributed by atoms with Crippen molar-refractivity contribution in [3.05, 3.63) is 70.5 Å². The summed E-state index contributed by atoms with van der Waals surface area (Å²) in [4.78, 5) is 32.7. The fourth-order valence-corrected chi connectivity index (χ4v) is 2.99. The Labute approximate surface area is 181 Å². The molecule has 10 heteroatoms. The number of hydrogen-bond acceptors (Lipinski definition) is 8. The molecular formula is C20H19BrN6O3. The Bertz CT molecular complexity index is 1080. The summed E-state index contributed by atoms with van der Waals surface area (Å²) in [7, 11) is 0. The molecular weight excluding hydrogens is 452 g/mol. The summed E-state index contributed by atoms with van der Waals surface area (Å²) >= 11 is 3.33. The van der Waals surface area contributed by atoms with Crippen molar-refractivity contribution >= 4 is 50.8 Å². The second-order valence-electron chi connectivity index (χ2n) is 5.93. The maximum Gasteiger partial charge on any atom is 0.340 e. The molecule has 0 saturated carbocycles. The number of nitrogens with zero attached hydrogens (tertiary/aromatic N) is 2. The maximum absolute atomic E-state index is 12.4. The average Bonchev–Trinajstić information content (AvgIpc) is 2.75. The number of esters is 1. The van der Waals surface area contributed by atoms with Gasteiger partial charge < -0.3 is 15.8 Å². The maximum atomic E-state index is 12.4. The summed E-state index contributed by atoms with van der Waals surface area (Å²) in [5.74, 6) is -0.379. The first-order valence-corrected chi connectivity index (χ1v) is 9.75. The van der Waals surface area contributed by atoms with Gasteiger partial charge in [0.25, 0.3) is 5.91 Å². The first kappa shape index (κ1) is 21.1. The van der Waals surface area contributed by atoms with Crippen molar-refractivity contribution in [3.8, 4) is 0 Å². The topological polar surface area (TPSA) is 131 Å². The lowest BCUT2D eigenvalue weighted by Crippen LogP contribution is -2.30. The Kier molecular flexibility index (Phi) is 6.81. The minimum absolute atomic E-state index is 0.156. The molecule has 0 bridgehead atoms. The number of nitrogens with two attached hydrogens (primary N) is 1. The van der Waals surface area contributed by atoms with Crippen LogP contribution in [0.1, 0.15) is 27.6 Å². The van der Waals surface area contributed by atoms with E-state index in [0.717, 1.165) is 0 Å². The van der Waals surface area contributed by atoms with Crippen LogP contribution < -0.4 is 21.9 Å². The highest BCUT2D eigenvalue weighted by Gasteiger charge is 2.16. The number of nitrogens with one attached hydrogen (secondary N) is 3. The van der Waals surface area contributed by atoms with Crippen molar-refractivity contribution in [1.29, 1.82) is 0 Å². The molecule has 2 aromatic carbocycles. The van der Waals surface area contributed by atoms with Crippen LogP contribution >= 0.6 is 15.9 Å². The number of amides is 1. The van der Waals surface area contributed by atoms with Crippen LogP contribution in [0.2, 0.25) is 0 Å². The average molecular weight is 471 g/mol. The minimum atomic E-state index is -0.465. The molecule has 3 aromatic rings. The van der Waals surface area contributed by atoms with Crippen molar-refractivity contribution in [3.63, 3.8) is 0 Å². The number of para-hydroxylation sites is 1. The number of halogens is 1. The van der Waals surface area contributed by atoms with Gasteiger partial charge in [0, 0.05) is 4.47 Å². The summed E-state index contributed by atoms with van der Waals surface area (Å²) in [5.41, 5.74) is 12.8. The molecule has 5 N–H and O–H groups in total. The molecule has 1 aromatic heterocycles. The lowest BCUT2D eigenvalue weighted by molar-refractivity contribution is 0.0527. The SMILES string of the molecule is CCOC(=O)c1ccccc1Nc1ncnc(NNC(=O)c2ccccc2Br)c1N. The highest BCUT2D eigenvalue weighted by molar-refractivity contribution is 9.10. The van der Waals surface area contributed by atoms with Crippen molar-refractivity contribution in [1.82, 2.24) is 15.4 Å². The molecule has 30 heavy (non-hydrogen) atoms. The highest BCUT2D eigenvalue weighted by Crippen LogP contribution is 2.27. The standard InChI is InChI=1S/C20H19BrN6O3/c1-2-30-20(29)13-8-4-6-10-15(13)25-17-16(22)18(24-11-23-17)26-27-19(28)12-7-3-5-9-14(12)21/h3-11H,2,22H2,1H3,(H,27,28)(H2,23,24,25,26). The molecule has 9 nitrogen and oxygen atoms in total. The van der Waals surface area contributed by atoms with Crippen molar-refractivity contribution < 1.29 is 14.3 Å². The van der Waals surface area contributed by atoms with Gasteiger partial charge >= 0.3 is 5.97 Å². The molecule has 0 aliphatic carbocycles. The number of aromatic nitrogens is 2. The number of carbonyl (C=O) groups excluding carboxylic acids is 2. The second kappa shape index (κ2) is 9.70. The van der Waals surface area contributed by atoms with Crippen LogP contribution in [-0.4, -0.2) is 28.5 Å². The molecule has 3 rings (SSSR count). The summed E-state index contributed by atoms with van der Waals surface area (Å²) in [5, 5.41) is 3.01. The quantitative estimate of drug-likeness (QED) is 0.304. The third kappa shape index (κ3) is 4.84. The van der Waals surface area contributed by atoms with E-state index in [1.165, 1.54) is 6.33 Å². The monoisotopic (exact) mass is 470 g/mol. The molecule has 0 aliphatic heterocycles. The Balaban J connectivity index is 1.77. The Hall–Kier alpha value is -3.66. The van der Waals surface area contributed by atoms with Gasteiger partial charge in [-0.25, -0.2) is 14.8 Å². The van der Waals surface area contributed by atoms with Crippen molar-refractivity contribution in [2.75, 3.05) is 23.1 Å². The summed E-state index contributed by atoms with van der Waals surface area (Å²) in [6.07, 6.45) is 1.28. The zero-order valence-corrected chi connectivity index (χ0v) is 17.6. The molecule has 0 radical (unpaired) electrons. The van der Waals surface area contributed by atoms with Crippen LogP contribution in [0.4, 0.5) is 23.0 Å². The number of nitrogen functional groups attached to an aromatic ring is 1. The van der Waals surface area contributed by atoms with E-state index in [1.807, 2.05) is 6.07 Å². The van der Waals surface area contributed by atoms with Gasteiger partial charge in [-0.15, -0.1) is 0 Å². The van der Waals surface area contributed by atoms with Gasteiger partial charge in [0.15, 0.2) is 11.6 Å². The third-order valence-corrected chi connectivity index (χ3v) is 4.66. The molecule has 0 saturated heterocycles. The first-order valence-electron chi connectivity index (χ1n) is 8.95. The Morgan fingerprint density at radius 1 is 1.03 bits per heavy atom. The number of hydrogen-bond donors (Lipinski definition) is 4. The van der Waals surface area contributed by atoms with Gasteiger partial charge in [0.2, 0.25) is 0 Å². The van der Waals surface area contributed by atoms with E-state index in [2.05, 4.69) is 42.1 Å². The third-order valence-electron chi connectivity index (χ3n) is 3.97. The molecule has 1 heterocycles. The van der Waals surface area contributed by atoms with Crippen LogP contribution in [0.5, 0.6) is 0 Å². The molecule has 154 valence electrons. The molecule has 0 unspecified atom stereocenters. The molecule has 0 aliphatic rings. The van der Waals surface area contributed by atoms with E-state index in [-0.39, 0.29) is 29.8 Å². The lowest BCUT2D eigenvalue weighted by atomic mass is 10.2. The number of hydrazine groups is 1. The fraction of sp³-hybridized carbons (Fsp3) is 0.100. The smallest absolute Gasteiger partial charge is 0.340 e. The normalized spacial score (nSPS) is 10.2. The predicted molar refractivity (Wildman–Crippen MR) is 117 cm³/mol. The van der Waals surface area contributed by atoms with Gasteiger partial charge in [-0.3, -0.25) is 15.6 Å². The van der Waals surface area contributed by atoms with Crippen LogP contribution in [0.3, 0.4) is 0 Å². The van der Waals surface area contributed by atoms with Crippen LogP contribution in [0.25, 0.3) is 0 Å². The van der Waals surface area contributed by atoms with E-state index >= 15 is 0 Å². The largest absolute Gasteiger partial charge is 0.462 e. The Morgan fingerprint density at radius 3 is 2.43 bits per heavy atom. The summed E-state index contributed by atoms with van der Waals surface area (Å²) < 4.78 is 5.72. The molecule has 0 fully saturated rings. The molecule has 0 atom stereocenters. The van der Waals surface area contributed by atoms with E-state index in [4.69, 9.17) is 10.5 Å². The van der Waals surface area contributed by atoms with Crippen LogP contribution in [-0.2, 0) is 4.74 Å². The number of carbonyl (C=O) groups is 2. The van der Waals surface area contributed by atoms with Crippen molar-refractivity contribution in [2.24, 2.45) is 0 Å². The zero-order valence-electron chi connectivity index (χ0n) is 16.0. The number of benzene rings is 2. The first-order chi connectivity index (χ1) is 14.5. The molecule has 0 spiro atoms. The van der Waals surface area contributed by atoms with Gasteiger partial charge in [-0.1, -0.05) is 24.3 Å². The van der Waals surface area contributed by atoms with Gasteiger partial charge in [0.1, 0.15) is 12.0 Å². The van der Waals surface area contributed by atoms with Gasteiger partial charge in [-0.2, -0.15) is 0 Å². The van der Waals surface area contributed by atoms with Crippen molar-refractivity contribution in [2.45, 2.75) is 6.92 Å². The zero-order chi connectivity index (χ0) is 21.5. The van der Waals surface area contributed by atoms with E-state index < -0.39 is 5.97 Å². The lowest BCUT2D eigenvalue weighted by Gasteiger charge is -2.15. The Morgan fingerprint density at radius 2 is 1.70 bits per heavy atom. The fourth-order valence-electron chi connectivity index (χ4n) is 2.53. The number of anilines is 4. The van der Waals surface area contributed by atoms with Crippen LogP contribution in [0, 0.1) is 0 Å². The minimum Gasteiger partial charge on any atom is -0.462 e. The highest BCUT2D eigenvalue weighted by atomic mass is 79.9. The van der Waals surface area contributed by atoms with Gasteiger partial charge in [-0.05, 0) is 47.1 Å². The summed E-state index contributed by atoms with van der Waals surface area (Å²) in [6.45, 7) is 1.99. The molecule has 1 amide bonds. The summed E-state index contributed by atoms with van der Waals surface area (Å²) in [6, 6.07) is 13.8. The van der Waals surface area contributed by atoms with Crippen LogP contribution in [0.15, 0.2) is 59.3 Å². The van der Waals surface area contributed by atoms with E-state index in [1.54, 1.807) is 49.4 Å². The number of rotatable bonds is 7. The van der Waals surface area contributed by atoms with E-state index in [9.17, 15) is 9.59 Å².